The van der Waals surface area contributed by atoms with Gasteiger partial charge in [-0.05, 0) is 94.3 Å². The first-order valence-corrected chi connectivity index (χ1v) is 14.9. The molecule has 37 heavy (non-hydrogen) atoms. The number of rotatable bonds is 4. The summed E-state index contributed by atoms with van der Waals surface area (Å²) in [4.78, 5) is 20.9. The number of aromatic nitrogens is 1. The molecule has 0 amide bonds. The fraction of sp³-hybridized carbons (Fsp3) is 0.172. The van der Waals surface area contributed by atoms with E-state index in [0.717, 1.165) is 35.2 Å². The van der Waals surface area contributed by atoms with E-state index in [0.29, 0.717) is 18.7 Å². The van der Waals surface area contributed by atoms with Crippen molar-refractivity contribution in [2.75, 3.05) is 13.4 Å². The summed E-state index contributed by atoms with van der Waals surface area (Å²) in [5.41, 5.74) is 6.46. The molecule has 2 aliphatic rings. The van der Waals surface area contributed by atoms with Crippen molar-refractivity contribution in [2.24, 2.45) is 4.99 Å². The number of allylic oxidation sites excluding steroid dienone is 1. The number of halogens is 1. The Morgan fingerprint density at radius 3 is 2.70 bits per heavy atom. The average Bonchev–Trinajstić information content (AvgIpc) is 3.23. The monoisotopic (exact) mass is 638 g/mol. The molecule has 3 aromatic carbocycles. The normalized spacial score (nSPS) is 16.6. The van der Waals surface area contributed by atoms with Gasteiger partial charge in [-0.3, -0.25) is 9.36 Å². The molecule has 1 aliphatic heterocycles. The zero-order valence-corrected chi connectivity index (χ0v) is 24.0. The maximum Gasteiger partial charge on any atom is 0.271 e. The van der Waals surface area contributed by atoms with Gasteiger partial charge in [-0.2, -0.15) is 0 Å². The lowest BCUT2D eigenvalue weighted by molar-refractivity contribution is 0.371. The zero-order chi connectivity index (χ0) is 25.7. The van der Waals surface area contributed by atoms with Crippen molar-refractivity contribution in [3.05, 3.63) is 112 Å². The molecule has 5 nitrogen and oxygen atoms in total. The summed E-state index contributed by atoms with van der Waals surface area (Å²) < 4.78 is 8.45. The molecule has 8 heteroatoms. The van der Waals surface area contributed by atoms with Crippen LogP contribution in [0.4, 0.5) is 0 Å². The number of phenolic OH excluding ortho intramolecular Hbond substituents is 1. The lowest BCUT2D eigenvalue weighted by atomic mass is 9.83. The van der Waals surface area contributed by atoms with Crippen LogP contribution in [-0.4, -0.2) is 23.0 Å². The number of ether oxygens (including phenoxy) is 1. The second-order valence-corrected chi connectivity index (χ2v) is 12.0. The molecule has 0 spiro atoms. The van der Waals surface area contributed by atoms with Gasteiger partial charge in [0, 0.05) is 10.5 Å². The third-order valence-corrected chi connectivity index (χ3v) is 9.42. The minimum atomic E-state index is -0.202. The highest BCUT2D eigenvalue weighted by Gasteiger charge is 2.32. The van der Waals surface area contributed by atoms with E-state index in [1.165, 1.54) is 34.5 Å². The van der Waals surface area contributed by atoms with Gasteiger partial charge in [0.15, 0.2) is 16.3 Å². The van der Waals surface area contributed by atoms with Crippen LogP contribution in [0.15, 0.2) is 80.9 Å². The Bertz CT molecular complexity index is 1750. The maximum absolute atomic E-state index is 13.9. The van der Waals surface area contributed by atoms with Crippen LogP contribution in [0.2, 0.25) is 0 Å². The molecule has 1 aliphatic carbocycles. The quantitative estimate of drug-likeness (QED) is 0.242. The topological polar surface area (TPSA) is 63.8 Å². The highest BCUT2D eigenvalue weighted by molar-refractivity contribution is 14.1. The summed E-state index contributed by atoms with van der Waals surface area (Å²) in [5, 5.41) is 10.2. The van der Waals surface area contributed by atoms with Gasteiger partial charge in [-0.1, -0.05) is 47.7 Å². The summed E-state index contributed by atoms with van der Waals surface area (Å²) in [6.07, 6.45) is 5.72. The molecule has 6 rings (SSSR count). The van der Waals surface area contributed by atoms with Crippen LogP contribution in [-0.2, 0) is 6.42 Å². The number of hydrogen-bond donors (Lipinski definition) is 1. The van der Waals surface area contributed by atoms with Crippen molar-refractivity contribution in [1.82, 2.24) is 4.57 Å². The van der Waals surface area contributed by atoms with E-state index in [4.69, 9.17) is 9.73 Å². The molecule has 1 N–H and O–H groups in total. The summed E-state index contributed by atoms with van der Waals surface area (Å²) in [6.45, 7) is 0. The van der Waals surface area contributed by atoms with Crippen LogP contribution in [0, 0.1) is 3.57 Å². The Hall–Kier alpha value is -2.82. The number of phenols is 1. The van der Waals surface area contributed by atoms with E-state index in [9.17, 15) is 9.90 Å². The Morgan fingerprint density at radius 1 is 1.16 bits per heavy atom. The minimum absolute atomic E-state index is 0.0600. The van der Waals surface area contributed by atoms with Gasteiger partial charge in [0.05, 0.1) is 27.0 Å². The summed E-state index contributed by atoms with van der Waals surface area (Å²) >= 11 is 5.18. The van der Waals surface area contributed by atoms with Crippen LogP contribution in [0.1, 0.15) is 34.7 Å². The van der Waals surface area contributed by atoms with Gasteiger partial charge in [-0.15, -0.1) is 11.8 Å². The minimum Gasteiger partial charge on any atom is -0.504 e. The fourth-order valence-electron chi connectivity index (χ4n) is 5.09. The molecule has 1 atom stereocenters. The van der Waals surface area contributed by atoms with Crippen LogP contribution in [0.5, 0.6) is 11.5 Å². The molecular formula is C29H23IN2O3S2. The van der Waals surface area contributed by atoms with Crippen LogP contribution in [0.25, 0.3) is 11.8 Å². The van der Waals surface area contributed by atoms with E-state index in [2.05, 4.69) is 77.4 Å². The van der Waals surface area contributed by atoms with E-state index < -0.39 is 0 Å². The van der Waals surface area contributed by atoms with Gasteiger partial charge in [0.1, 0.15) is 0 Å². The number of aryl methyl sites for hydroxylation is 1. The van der Waals surface area contributed by atoms with Crippen molar-refractivity contribution in [1.29, 1.82) is 0 Å². The lowest BCUT2D eigenvalue weighted by Crippen LogP contribution is -2.38. The Labute approximate surface area is 236 Å². The maximum atomic E-state index is 13.9. The van der Waals surface area contributed by atoms with Gasteiger partial charge in [0.2, 0.25) is 0 Å². The molecular weight excluding hydrogens is 615 g/mol. The average molecular weight is 639 g/mol. The molecule has 4 aromatic rings. The third kappa shape index (κ3) is 4.24. The molecule has 1 unspecified atom stereocenters. The van der Waals surface area contributed by atoms with Crippen molar-refractivity contribution < 1.29 is 9.84 Å². The van der Waals surface area contributed by atoms with Gasteiger partial charge in [0.25, 0.3) is 5.56 Å². The first-order chi connectivity index (χ1) is 18.0. The zero-order valence-electron chi connectivity index (χ0n) is 20.2. The SMILES string of the molecule is COc1cc(C=c2sc3n(c2=O)C(c2ccc(SC)cc2)C2=C(N=3)c3ccccc3CC2)cc(I)c1O. The molecule has 0 radical (unpaired) electrons. The molecule has 186 valence electrons. The lowest BCUT2D eigenvalue weighted by Gasteiger charge is -2.30. The number of aromatic hydroxyl groups is 1. The number of benzene rings is 3. The smallest absolute Gasteiger partial charge is 0.271 e. The van der Waals surface area contributed by atoms with E-state index in [-0.39, 0.29) is 17.4 Å². The highest BCUT2D eigenvalue weighted by atomic mass is 127. The molecule has 0 bridgehead atoms. The number of methoxy groups -OCH3 is 1. The second kappa shape index (κ2) is 9.81. The summed E-state index contributed by atoms with van der Waals surface area (Å²) in [5.74, 6) is 0.478. The van der Waals surface area contributed by atoms with Crippen molar-refractivity contribution in [2.45, 2.75) is 23.8 Å². The van der Waals surface area contributed by atoms with E-state index in [1.807, 2.05) is 16.7 Å². The number of thiazole rings is 1. The number of fused-ring (bicyclic) bond motifs is 3. The van der Waals surface area contributed by atoms with Crippen molar-refractivity contribution in [3.8, 4) is 11.5 Å². The molecule has 1 aromatic heterocycles. The van der Waals surface area contributed by atoms with Gasteiger partial charge in [-0.25, -0.2) is 4.99 Å². The molecule has 0 saturated heterocycles. The Morgan fingerprint density at radius 2 is 1.95 bits per heavy atom. The second-order valence-electron chi connectivity index (χ2n) is 8.94. The summed E-state index contributed by atoms with van der Waals surface area (Å²) in [7, 11) is 1.52. The van der Waals surface area contributed by atoms with E-state index >= 15 is 0 Å². The molecule has 0 fully saturated rings. The summed E-state index contributed by atoms with van der Waals surface area (Å²) in [6, 6.07) is 20.4. The van der Waals surface area contributed by atoms with Crippen LogP contribution in [0.3, 0.4) is 0 Å². The van der Waals surface area contributed by atoms with Crippen LogP contribution < -0.4 is 19.6 Å². The number of nitrogens with zero attached hydrogens (tertiary/aromatic N) is 2. The highest BCUT2D eigenvalue weighted by Crippen LogP contribution is 2.41. The standard InChI is InChI=1S/C29H23IN2O3S2/c1-35-23-14-16(13-22(30)27(23)33)15-24-28(34)32-26(18-7-10-19(36-2)11-8-18)21-12-9-17-5-3-4-6-20(17)25(21)31-29(32)37-24/h3-8,10-11,13-15,26,33H,9,12H2,1-2H3. The molecule has 2 heterocycles. The number of thioether (sulfide) groups is 1. The fourth-order valence-corrected chi connectivity index (χ4v) is 7.13. The third-order valence-electron chi connectivity index (χ3n) is 6.87. The van der Waals surface area contributed by atoms with Gasteiger partial charge < -0.3 is 9.84 Å². The first-order valence-electron chi connectivity index (χ1n) is 11.8. The van der Waals surface area contributed by atoms with Crippen molar-refractivity contribution in [3.63, 3.8) is 0 Å². The molecule has 0 saturated carbocycles. The van der Waals surface area contributed by atoms with Gasteiger partial charge >= 0.3 is 0 Å². The first kappa shape index (κ1) is 24.5. The Kier molecular flexibility index (Phi) is 6.50. The van der Waals surface area contributed by atoms with Crippen molar-refractivity contribution >= 4 is 57.5 Å². The number of hydrogen-bond acceptors (Lipinski definition) is 6. The Balaban J connectivity index is 1.59. The predicted octanol–water partition coefficient (Wildman–Crippen LogP) is 5.36. The van der Waals surface area contributed by atoms with E-state index in [1.54, 1.807) is 17.8 Å². The van der Waals surface area contributed by atoms with Crippen LogP contribution >= 0.6 is 45.7 Å². The predicted molar refractivity (Wildman–Crippen MR) is 158 cm³/mol. The largest absolute Gasteiger partial charge is 0.504 e.